The average Bonchev–Trinajstić information content (AvgIpc) is 3.20. The fraction of sp³-hybridized carbons (Fsp3) is 0.333. The summed E-state index contributed by atoms with van der Waals surface area (Å²) in [6.07, 6.45) is 1.70. The number of nitrogens with one attached hydrogen (secondary N) is 2. The molecule has 0 spiro atoms. The Labute approximate surface area is 206 Å². The third kappa shape index (κ3) is 8.34. The molecule has 0 fully saturated rings. The van der Waals surface area contributed by atoms with Crippen LogP contribution in [0.5, 0.6) is 0 Å². The van der Waals surface area contributed by atoms with Crippen molar-refractivity contribution in [3.63, 3.8) is 0 Å². The second kappa shape index (κ2) is 12.6. The van der Waals surface area contributed by atoms with Crippen LogP contribution in [0.4, 0.5) is 5.82 Å². The van der Waals surface area contributed by atoms with Crippen molar-refractivity contribution in [2.24, 2.45) is 0 Å². The van der Waals surface area contributed by atoms with Crippen LogP contribution in [-0.4, -0.2) is 71.6 Å². The smallest absolute Gasteiger partial charge is 0.336 e. The molecule has 0 aliphatic heterocycles. The molecule has 2 atom stereocenters. The molecule has 12 nitrogen and oxygen atoms in total. The first kappa shape index (κ1) is 28.2. The summed E-state index contributed by atoms with van der Waals surface area (Å²) in [6.45, 7) is 2.60. The van der Waals surface area contributed by atoms with Gasteiger partial charge in [-0.3, -0.25) is 9.59 Å². The van der Waals surface area contributed by atoms with Crippen molar-refractivity contribution in [3.05, 3.63) is 59.9 Å². The van der Waals surface area contributed by atoms with Gasteiger partial charge >= 0.3 is 17.9 Å². The van der Waals surface area contributed by atoms with E-state index in [4.69, 9.17) is 26.2 Å². The number of aromatic amines is 1. The first-order chi connectivity index (χ1) is 16.9. The Hall–Kier alpha value is -4.00. The third-order valence-corrected chi connectivity index (χ3v) is 5.34. The summed E-state index contributed by atoms with van der Waals surface area (Å²) in [4.78, 5) is 37.8. The van der Waals surface area contributed by atoms with E-state index in [9.17, 15) is 19.5 Å². The van der Waals surface area contributed by atoms with Crippen molar-refractivity contribution in [1.29, 1.82) is 0 Å². The van der Waals surface area contributed by atoms with Crippen molar-refractivity contribution in [2.75, 3.05) is 12.3 Å². The monoisotopic (exact) mass is 502 g/mol. The Morgan fingerprint density at radius 2 is 1.72 bits per heavy atom. The number of carboxylic acids is 3. The normalized spacial score (nSPS) is 12.9. The fourth-order valence-corrected chi connectivity index (χ4v) is 3.46. The minimum atomic E-state index is -2.74. The van der Waals surface area contributed by atoms with Crippen LogP contribution >= 0.6 is 0 Å². The van der Waals surface area contributed by atoms with E-state index in [-0.39, 0.29) is 6.04 Å². The molecule has 2 heterocycles. The molecule has 3 aromatic rings. The molecular formula is C24H30N4O8. The van der Waals surface area contributed by atoms with Crippen LogP contribution in [0.15, 0.2) is 48.8 Å². The quantitative estimate of drug-likeness (QED) is 0.186. The molecule has 0 radical (unpaired) electrons. The van der Waals surface area contributed by atoms with Gasteiger partial charge in [0.2, 0.25) is 0 Å². The Balaban J connectivity index is 0.000000302. The Bertz CT molecular complexity index is 1160. The number of fused-ring (bicyclic) bond motifs is 1. The fourth-order valence-electron chi connectivity index (χ4n) is 3.46. The van der Waals surface area contributed by atoms with Crippen LogP contribution in [0.3, 0.4) is 0 Å². The van der Waals surface area contributed by atoms with Gasteiger partial charge in [0.25, 0.3) is 0 Å². The number of aromatic nitrogens is 2. The number of nitrogens with zero attached hydrogens (tertiary/aromatic N) is 1. The Morgan fingerprint density at radius 3 is 2.28 bits per heavy atom. The summed E-state index contributed by atoms with van der Waals surface area (Å²) in [6, 6.07) is 12.0. The summed E-state index contributed by atoms with van der Waals surface area (Å²) in [5.74, 6) is -4.56. The van der Waals surface area contributed by atoms with Crippen molar-refractivity contribution >= 4 is 34.6 Å². The number of carboxylic acid groups (broad SMARTS) is 3. The number of para-hydroxylation sites is 1. The summed E-state index contributed by atoms with van der Waals surface area (Å²) < 4.78 is 0. The molecule has 36 heavy (non-hydrogen) atoms. The molecule has 194 valence electrons. The van der Waals surface area contributed by atoms with Gasteiger partial charge < -0.3 is 41.6 Å². The van der Waals surface area contributed by atoms with Gasteiger partial charge in [0, 0.05) is 41.4 Å². The first-order valence-corrected chi connectivity index (χ1v) is 11.0. The number of H-pyrrole nitrogens is 1. The van der Waals surface area contributed by atoms with Gasteiger partial charge in [0.1, 0.15) is 5.82 Å². The number of aliphatic carboxylic acids is 3. The largest absolute Gasteiger partial charge is 0.481 e. The second-order valence-corrected chi connectivity index (χ2v) is 8.38. The highest BCUT2D eigenvalue weighted by atomic mass is 16.4. The standard InChI is InChI=1S/C18H22N4O.C6H8O7/c1-12(8-14-10-21-16-5-3-2-4-15(14)16)20-11-17(23)13-6-7-18(19)22-9-13;7-3(8)1-6(13,5(11)12)2-4(9)10/h2-7,9-10,12,17,20-21,23H,8,11H2,1H3,(H2,19,22);13H,1-2H2,(H,7,8)(H,9,10)(H,11,12). The van der Waals surface area contributed by atoms with Crippen LogP contribution in [0.1, 0.15) is 37.0 Å². The molecule has 0 saturated heterocycles. The van der Waals surface area contributed by atoms with Crippen molar-refractivity contribution in [3.8, 4) is 0 Å². The molecule has 0 amide bonds. The van der Waals surface area contributed by atoms with E-state index in [0.717, 1.165) is 17.5 Å². The molecule has 9 N–H and O–H groups in total. The minimum absolute atomic E-state index is 0.255. The van der Waals surface area contributed by atoms with Gasteiger partial charge in [-0.05, 0) is 31.0 Å². The molecule has 0 aliphatic carbocycles. The zero-order valence-corrected chi connectivity index (χ0v) is 19.6. The number of hydrogen-bond donors (Lipinski definition) is 8. The molecule has 0 saturated carbocycles. The van der Waals surface area contributed by atoms with Gasteiger partial charge in [0.05, 0.1) is 18.9 Å². The molecule has 2 aromatic heterocycles. The van der Waals surface area contributed by atoms with E-state index in [1.807, 2.05) is 6.07 Å². The van der Waals surface area contributed by atoms with Crippen LogP contribution in [0, 0.1) is 0 Å². The summed E-state index contributed by atoms with van der Waals surface area (Å²) in [7, 11) is 0. The van der Waals surface area contributed by atoms with Crippen LogP contribution in [-0.2, 0) is 20.8 Å². The molecule has 2 unspecified atom stereocenters. The maximum atomic E-state index is 10.3. The zero-order valence-electron chi connectivity index (χ0n) is 19.6. The molecule has 3 rings (SSSR count). The topological polar surface area (TPSA) is 219 Å². The Morgan fingerprint density at radius 1 is 1.08 bits per heavy atom. The highest BCUT2D eigenvalue weighted by Crippen LogP contribution is 2.19. The van der Waals surface area contributed by atoms with Crippen molar-refractivity contribution < 1.29 is 39.9 Å². The van der Waals surface area contributed by atoms with Gasteiger partial charge in [-0.1, -0.05) is 24.3 Å². The molecule has 0 aliphatic rings. The summed E-state index contributed by atoms with van der Waals surface area (Å²) in [5, 5.41) is 48.6. The van der Waals surface area contributed by atoms with E-state index in [0.29, 0.717) is 12.4 Å². The van der Waals surface area contributed by atoms with Gasteiger partial charge in [-0.2, -0.15) is 0 Å². The number of rotatable bonds is 11. The van der Waals surface area contributed by atoms with Gasteiger partial charge in [0.15, 0.2) is 5.60 Å². The number of pyridine rings is 1. The maximum Gasteiger partial charge on any atom is 0.336 e. The number of aliphatic hydroxyl groups excluding tert-OH is 1. The van der Waals surface area contributed by atoms with E-state index in [1.54, 1.807) is 18.3 Å². The predicted molar refractivity (Wildman–Crippen MR) is 130 cm³/mol. The van der Waals surface area contributed by atoms with Crippen LogP contribution in [0.2, 0.25) is 0 Å². The molecule has 0 bridgehead atoms. The lowest BCUT2D eigenvalue weighted by Gasteiger charge is -2.18. The SMILES string of the molecule is CC(Cc1c[nH]c2ccccc12)NCC(O)c1ccc(N)nc1.O=C(O)CC(O)(CC(=O)O)C(=O)O. The minimum Gasteiger partial charge on any atom is -0.481 e. The third-order valence-electron chi connectivity index (χ3n) is 5.34. The van der Waals surface area contributed by atoms with Crippen molar-refractivity contribution in [2.45, 2.75) is 43.9 Å². The number of nitrogens with two attached hydrogens (primary N) is 1. The van der Waals surface area contributed by atoms with E-state index in [2.05, 4.69) is 46.6 Å². The Kier molecular flexibility index (Phi) is 9.91. The van der Waals surface area contributed by atoms with Crippen LogP contribution < -0.4 is 11.1 Å². The maximum absolute atomic E-state index is 10.3. The molecule has 1 aromatic carbocycles. The number of nitrogen functional groups attached to an aromatic ring is 1. The lowest BCUT2D eigenvalue weighted by molar-refractivity contribution is -0.170. The highest BCUT2D eigenvalue weighted by Gasteiger charge is 2.40. The average molecular weight is 503 g/mol. The zero-order chi connectivity index (χ0) is 26.9. The van der Waals surface area contributed by atoms with E-state index >= 15 is 0 Å². The molecule has 12 heteroatoms. The lowest BCUT2D eigenvalue weighted by atomic mass is 9.96. The summed E-state index contributed by atoms with van der Waals surface area (Å²) in [5.41, 5.74) is 6.03. The highest BCUT2D eigenvalue weighted by molar-refractivity contribution is 5.88. The van der Waals surface area contributed by atoms with Crippen LogP contribution in [0.25, 0.3) is 10.9 Å². The number of benzene rings is 1. The van der Waals surface area contributed by atoms with Gasteiger partial charge in [-0.25, -0.2) is 9.78 Å². The molecular weight excluding hydrogens is 472 g/mol. The predicted octanol–water partition coefficient (Wildman–Crippen LogP) is 1.15. The number of aliphatic hydroxyl groups is 2. The van der Waals surface area contributed by atoms with Crippen molar-refractivity contribution in [1.82, 2.24) is 15.3 Å². The number of anilines is 1. The summed E-state index contributed by atoms with van der Waals surface area (Å²) >= 11 is 0. The van der Waals surface area contributed by atoms with E-state index in [1.165, 1.54) is 10.9 Å². The van der Waals surface area contributed by atoms with Gasteiger partial charge in [-0.15, -0.1) is 0 Å². The van der Waals surface area contributed by atoms with E-state index < -0.39 is 42.5 Å². The first-order valence-electron chi connectivity index (χ1n) is 11.0. The second-order valence-electron chi connectivity index (χ2n) is 8.38. The number of hydrogen-bond acceptors (Lipinski definition) is 8. The number of carbonyl (C=O) groups is 3. The lowest BCUT2D eigenvalue weighted by Crippen LogP contribution is -2.42.